The SMILES string of the molecule is Cc1ccc(S(=O)(=O)NC2(C#N)CCC(C)CC2)cc1C. The molecule has 0 aliphatic heterocycles. The van der Waals surface area contributed by atoms with E-state index in [4.69, 9.17) is 0 Å². The fraction of sp³-hybridized carbons (Fsp3) is 0.562. The molecule has 0 unspecified atom stereocenters. The molecular formula is C16H22N2O2S. The standard InChI is InChI=1S/C16H22N2O2S/c1-12-6-8-16(11-17,9-7-12)18-21(19,20)15-5-4-13(2)14(3)10-15/h4-5,10,12,18H,6-9H2,1-3H3. The minimum atomic E-state index is -3.66. The van der Waals surface area contributed by atoms with Crippen LogP contribution in [0.4, 0.5) is 0 Å². The van der Waals surface area contributed by atoms with E-state index in [0.717, 1.165) is 24.0 Å². The van der Waals surface area contributed by atoms with E-state index in [0.29, 0.717) is 18.8 Å². The van der Waals surface area contributed by atoms with Crippen molar-refractivity contribution in [3.8, 4) is 6.07 Å². The van der Waals surface area contributed by atoms with Crippen molar-refractivity contribution in [1.29, 1.82) is 5.26 Å². The second kappa shape index (κ2) is 5.78. The Bertz CT molecular complexity index is 666. The molecule has 0 bridgehead atoms. The molecule has 1 aliphatic carbocycles. The molecule has 5 heteroatoms. The third-order valence-corrected chi connectivity index (χ3v) is 5.99. The number of nitrogens with one attached hydrogen (secondary N) is 1. The molecule has 4 nitrogen and oxygen atoms in total. The summed E-state index contributed by atoms with van der Waals surface area (Å²) in [5.41, 5.74) is 1.03. The van der Waals surface area contributed by atoms with Gasteiger partial charge in [-0.1, -0.05) is 13.0 Å². The summed E-state index contributed by atoms with van der Waals surface area (Å²) in [5.74, 6) is 0.553. The maximum atomic E-state index is 12.5. The van der Waals surface area contributed by atoms with E-state index >= 15 is 0 Å². The van der Waals surface area contributed by atoms with Crippen LogP contribution < -0.4 is 4.72 Å². The molecule has 0 amide bonds. The zero-order valence-corrected chi connectivity index (χ0v) is 13.6. The van der Waals surface area contributed by atoms with E-state index in [1.54, 1.807) is 18.2 Å². The average molecular weight is 306 g/mol. The lowest BCUT2D eigenvalue weighted by Crippen LogP contribution is -2.49. The Balaban J connectivity index is 2.28. The molecule has 0 heterocycles. The highest BCUT2D eigenvalue weighted by Gasteiger charge is 2.38. The fourth-order valence-corrected chi connectivity index (χ4v) is 4.15. The van der Waals surface area contributed by atoms with Gasteiger partial charge in [0.1, 0.15) is 5.54 Å². The zero-order chi connectivity index (χ0) is 15.7. The van der Waals surface area contributed by atoms with Crippen LogP contribution in [0, 0.1) is 31.1 Å². The maximum Gasteiger partial charge on any atom is 0.241 e. The zero-order valence-electron chi connectivity index (χ0n) is 12.8. The van der Waals surface area contributed by atoms with Gasteiger partial charge in [0.15, 0.2) is 0 Å². The molecule has 21 heavy (non-hydrogen) atoms. The minimum absolute atomic E-state index is 0.235. The topological polar surface area (TPSA) is 70.0 Å². The smallest absolute Gasteiger partial charge is 0.207 e. The van der Waals surface area contributed by atoms with Gasteiger partial charge in [0, 0.05) is 0 Å². The average Bonchev–Trinajstić information content (AvgIpc) is 2.44. The van der Waals surface area contributed by atoms with Crippen LogP contribution in [0.5, 0.6) is 0 Å². The van der Waals surface area contributed by atoms with Gasteiger partial charge in [0.25, 0.3) is 0 Å². The molecule has 1 N–H and O–H groups in total. The van der Waals surface area contributed by atoms with Crippen LogP contribution in [0.3, 0.4) is 0 Å². The number of aryl methyl sites for hydroxylation is 2. The molecule has 0 atom stereocenters. The van der Waals surface area contributed by atoms with Gasteiger partial charge >= 0.3 is 0 Å². The van der Waals surface area contributed by atoms with Crippen molar-refractivity contribution < 1.29 is 8.42 Å². The summed E-state index contributed by atoms with van der Waals surface area (Å²) >= 11 is 0. The van der Waals surface area contributed by atoms with Gasteiger partial charge in [-0.2, -0.15) is 9.98 Å². The van der Waals surface area contributed by atoms with Crippen molar-refractivity contribution >= 4 is 10.0 Å². The Morgan fingerprint density at radius 1 is 1.24 bits per heavy atom. The van der Waals surface area contributed by atoms with Crippen molar-refractivity contribution in [1.82, 2.24) is 4.72 Å². The molecular weight excluding hydrogens is 284 g/mol. The number of sulfonamides is 1. The van der Waals surface area contributed by atoms with Crippen LogP contribution in [0.15, 0.2) is 23.1 Å². The monoisotopic (exact) mass is 306 g/mol. The number of nitrogens with zero attached hydrogens (tertiary/aromatic N) is 1. The van der Waals surface area contributed by atoms with E-state index in [1.807, 2.05) is 13.8 Å². The Morgan fingerprint density at radius 2 is 1.86 bits per heavy atom. The lowest BCUT2D eigenvalue weighted by molar-refractivity contribution is 0.278. The maximum absolute atomic E-state index is 12.5. The summed E-state index contributed by atoms with van der Waals surface area (Å²) in [6.07, 6.45) is 2.91. The summed E-state index contributed by atoms with van der Waals surface area (Å²) in [5, 5.41) is 9.46. The van der Waals surface area contributed by atoms with Crippen LogP contribution in [0.2, 0.25) is 0 Å². The number of hydrogen-bond acceptors (Lipinski definition) is 3. The Morgan fingerprint density at radius 3 is 2.38 bits per heavy atom. The highest BCUT2D eigenvalue weighted by atomic mass is 32.2. The van der Waals surface area contributed by atoms with Crippen molar-refractivity contribution in [3.05, 3.63) is 29.3 Å². The van der Waals surface area contributed by atoms with Crippen LogP contribution in [0.25, 0.3) is 0 Å². The minimum Gasteiger partial charge on any atom is -0.207 e. The van der Waals surface area contributed by atoms with E-state index in [2.05, 4.69) is 17.7 Å². The van der Waals surface area contributed by atoms with Crippen molar-refractivity contribution in [2.24, 2.45) is 5.92 Å². The van der Waals surface area contributed by atoms with E-state index in [1.165, 1.54) is 0 Å². The first-order valence-corrected chi connectivity index (χ1v) is 8.79. The molecule has 1 fully saturated rings. The molecule has 0 spiro atoms. The summed E-state index contributed by atoms with van der Waals surface area (Å²) in [6, 6.07) is 7.26. The normalized spacial score (nSPS) is 26.3. The molecule has 0 saturated heterocycles. The first-order chi connectivity index (χ1) is 9.78. The third kappa shape index (κ3) is 3.45. The van der Waals surface area contributed by atoms with E-state index in [9.17, 15) is 13.7 Å². The number of benzene rings is 1. The largest absolute Gasteiger partial charge is 0.241 e. The molecule has 1 aliphatic rings. The van der Waals surface area contributed by atoms with Crippen LogP contribution >= 0.6 is 0 Å². The summed E-state index contributed by atoms with van der Waals surface area (Å²) < 4.78 is 27.7. The first kappa shape index (κ1) is 16.0. The Hall–Kier alpha value is -1.38. The second-order valence-corrected chi connectivity index (χ2v) is 7.91. The number of hydrogen-bond donors (Lipinski definition) is 1. The predicted molar refractivity (Wildman–Crippen MR) is 82.2 cm³/mol. The first-order valence-electron chi connectivity index (χ1n) is 7.30. The highest BCUT2D eigenvalue weighted by molar-refractivity contribution is 7.89. The van der Waals surface area contributed by atoms with E-state index in [-0.39, 0.29) is 4.90 Å². The second-order valence-electron chi connectivity index (χ2n) is 6.23. The predicted octanol–water partition coefficient (Wildman–Crippen LogP) is 3.05. The quantitative estimate of drug-likeness (QED) is 0.933. The molecule has 2 rings (SSSR count). The van der Waals surface area contributed by atoms with Crippen LogP contribution in [0.1, 0.15) is 43.7 Å². The van der Waals surface area contributed by atoms with Gasteiger partial charge in [0.05, 0.1) is 11.0 Å². The molecule has 1 aromatic rings. The van der Waals surface area contributed by atoms with Gasteiger partial charge < -0.3 is 0 Å². The van der Waals surface area contributed by atoms with Gasteiger partial charge in [-0.25, -0.2) is 8.42 Å². The summed E-state index contributed by atoms with van der Waals surface area (Å²) in [6.45, 7) is 5.97. The third-order valence-electron chi connectivity index (χ3n) is 4.46. The van der Waals surface area contributed by atoms with Gasteiger partial charge in [-0.3, -0.25) is 0 Å². The molecule has 0 radical (unpaired) electrons. The Kier molecular flexibility index (Phi) is 4.40. The van der Waals surface area contributed by atoms with Crippen LogP contribution in [-0.2, 0) is 10.0 Å². The number of rotatable bonds is 3. The molecule has 0 aromatic heterocycles. The molecule has 1 saturated carbocycles. The summed E-state index contributed by atoms with van der Waals surface area (Å²) in [7, 11) is -3.66. The van der Waals surface area contributed by atoms with Gasteiger partial charge in [0.2, 0.25) is 10.0 Å². The highest BCUT2D eigenvalue weighted by Crippen LogP contribution is 2.32. The molecule has 114 valence electrons. The van der Waals surface area contributed by atoms with Crippen molar-refractivity contribution in [2.45, 2.75) is 56.9 Å². The fourth-order valence-electron chi connectivity index (χ4n) is 2.69. The van der Waals surface area contributed by atoms with Crippen LogP contribution in [-0.4, -0.2) is 14.0 Å². The van der Waals surface area contributed by atoms with Gasteiger partial charge in [-0.05, 0) is 68.7 Å². The number of nitriles is 1. The van der Waals surface area contributed by atoms with Crippen molar-refractivity contribution in [2.75, 3.05) is 0 Å². The van der Waals surface area contributed by atoms with Crippen molar-refractivity contribution in [3.63, 3.8) is 0 Å². The summed E-state index contributed by atoms with van der Waals surface area (Å²) in [4.78, 5) is 0.235. The lowest BCUT2D eigenvalue weighted by Gasteiger charge is -2.34. The molecule has 1 aromatic carbocycles. The lowest BCUT2D eigenvalue weighted by atomic mass is 9.79. The van der Waals surface area contributed by atoms with Gasteiger partial charge in [-0.15, -0.1) is 0 Å². The Labute approximate surface area is 127 Å². The van der Waals surface area contributed by atoms with E-state index < -0.39 is 15.6 Å².